The third kappa shape index (κ3) is 6.05. The lowest BCUT2D eigenvalue weighted by molar-refractivity contribution is -0.140. The summed E-state index contributed by atoms with van der Waals surface area (Å²) in [4.78, 5) is 20.4. The molecule has 0 aromatic heterocycles. The summed E-state index contributed by atoms with van der Waals surface area (Å²) in [6.07, 6.45) is -0.666. The fourth-order valence-corrected chi connectivity index (χ4v) is 1.13. The highest BCUT2D eigenvalue weighted by Gasteiger charge is 2.18. The first-order valence-electron chi connectivity index (χ1n) is 3.28. The van der Waals surface area contributed by atoms with Crippen molar-refractivity contribution in [2.24, 2.45) is 0 Å². The predicted octanol–water partition coefficient (Wildman–Crippen LogP) is -1.58. The van der Waals surface area contributed by atoms with Gasteiger partial charge in [0.15, 0.2) is 0 Å². The van der Waals surface area contributed by atoms with Gasteiger partial charge in [-0.2, -0.15) is 0 Å². The van der Waals surface area contributed by atoms with E-state index in [-0.39, 0.29) is 6.42 Å². The van der Waals surface area contributed by atoms with E-state index in [2.05, 4.69) is 0 Å². The minimum atomic E-state index is -3.03. The van der Waals surface area contributed by atoms with Gasteiger partial charge in [0, 0.05) is 6.42 Å². The van der Waals surface area contributed by atoms with Gasteiger partial charge in [-0.1, -0.05) is 0 Å². The van der Waals surface area contributed by atoms with E-state index in [1.165, 1.54) is 0 Å². The number of carboxylic acids is 2. The van der Waals surface area contributed by atoms with Crippen molar-refractivity contribution in [2.75, 3.05) is 0 Å². The molecule has 0 spiro atoms. The summed E-state index contributed by atoms with van der Waals surface area (Å²) in [6.45, 7) is 0. The monoisotopic (exact) mass is 211 g/mol. The number of carboxylic acid groups (broad SMARTS) is 2. The van der Waals surface area contributed by atoms with Gasteiger partial charge in [0.2, 0.25) is 10.9 Å². The van der Waals surface area contributed by atoms with Crippen LogP contribution in [0.4, 0.5) is 0 Å². The number of hydrogen-bond acceptors (Lipinski definition) is 4. The minimum Gasteiger partial charge on any atom is -0.481 e. The SMILES string of the molecule is O=C(O)CC[C@H](N[SH](=O)=O)C(=O)O. The Labute approximate surface area is 75.5 Å². The number of thiol groups is 1. The third-order valence-electron chi connectivity index (χ3n) is 1.21. The van der Waals surface area contributed by atoms with Gasteiger partial charge in [0.25, 0.3) is 0 Å². The lowest BCUT2D eigenvalue weighted by Gasteiger charge is -2.07. The van der Waals surface area contributed by atoms with Crippen LogP contribution in [0.1, 0.15) is 12.8 Å². The van der Waals surface area contributed by atoms with E-state index in [0.29, 0.717) is 0 Å². The van der Waals surface area contributed by atoms with Crippen LogP contribution < -0.4 is 4.72 Å². The molecule has 0 heterocycles. The van der Waals surface area contributed by atoms with Crippen LogP contribution in [0, 0.1) is 0 Å². The van der Waals surface area contributed by atoms with E-state index in [1.807, 2.05) is 0 Å². The van der Waals surface area contributed by atoms with Crippen molar-refractivity contribution in [2.45, 2.75) is 18.9 Å². The van der Waals surface area contributed by atoms with Crippen LogP contribution >= 0.6 is 0 Å². The Balaban J connectivity index is 4.10. The first-order valence-corrected chi connectivity index (χ1v) is 4.46. The van der Waals surface area contributed by atoms with Crippen LogP contribution in [0.25, 0.3) is 0 Å². The van der Waals surface area contributed by atoms with E-state index in [1.54, 1.807) is 4.72 Å². The summed E-state index contributed by atoms with van der Waals surface area (Å²) in [7, 11) is -3.03. The van der Waals surface area contributed by atoms with Crippen LogP contribution in [-0.2, 0) is 20.5 Å². The number of rotatable bonds is 6. The van der Waals surface area contributed by atoms with Gasteiger partial charge < -0.3 is 10.2 Å². The second-order valence-electron chi connectivity index (χ2n) is 2.21. The lowest BCUT2D eigenvalue weighted by atomic mass is 10.2. The molecular weight excluding hydrogens is 202 g/mol. The fraction of sp³-hybridized carbons (Fsp3) is 0.600. The van der Waals surface area contributed by atoms with E-state index in [0.717, 1.165) is 0 Å². The van der Waals surface area contributed by atoms with Crippen molar-refractivity contribution >= 4 is 22.8 Å². The molecule has 0 aliphatic carbocycles. The summed E-state index contributed by atoms with van der Waals surface area (Å²) in [5.74, 6) is -2.56. The third-order valence-corrected chi connectivity index (χ3v) is 1.73. The molecule has 0 amide bonds. The van der Waals surface area contributed by atoms with Gasteiger partial charge in [0.05, 0.1) is 0 Å². The summed E-state index contributed by atoms with van der Waals surface area (Å²) in [5, 5.41) is 16.6. The Morgan fingerprint density at radius 2 is 1.85 bits per heavy atom. The van der Waals surface area contributed by atoms with Crippen molar-refractivity contribution in [3.05, 3.63) is 0 Å². The average molecular weight is 211 g/mol. The van der Waals surface area contributed by atoms with E-state index < -0.39 is 35.3 Å². The average Bonchev–Trinajstić information content (AvgIpc) is 1.96. The standard InChI is InChI=1S/C5H9NO6S/c7-4(8)2-1-3(5(9)10)6-13(11)12/h3,13H,1-2H2,(H,7,8)(H,9,10)(H,6,11,12)/t3-/m0/s1. The highest BCUT2D eigenvalue weighted by Crippen LogP contribution is 1.97. The van der Waals surface area contributed by atoms with E-state index >= 15 is 0 Å². The molecule has 7 nitrogen and oxygen atoms in total. The molecule has 0 fully saturated rings. The van der Waals surface area contributed by atoms with Crippen molar-refractivity contribution < 1.29 is 28.2 Å². The van der Waals surface area contributed by atoms with Gasteiger partial charge in [0.1, 0.15) is 6.04 Å². The molecule has 0 saturated carbocycles. The first kappa shape index (κ1) is 11.8. The van der Waals surface area contributed by atoms with Crippen LogP contribution in [0.3, 0.4) is 0 Å². The number of aliphatic carboxylic acids is 2. The molecule has 1 atom stereocenters. The van der Waals surface area contributed by atoms with Crippen molar-refractivity contribution in [1.29, 1.82) is 0 Å². The lowest BCUT2D eigenvalue weighted by Crippen LogP contribution is -2.35. The topological polar surface area (TPSA) is 121 Å². The van der Waals surface area contributed by atoms with Crippen LogP contribution in [-0.4, -0.2) is 36.6 Å². The Bertz CT molecular complexity index is 264. The van der Waals surface area contributed by atoms with Crippen molar-refractivity contribution in [1.82, 2.24) is 4.72 Å². The highest BCUT2D eigenvalue weighted by atomic mass is 32.2. The fourth-order valence-electron chi connectivity index (χ4n) is 0.638. The van der Waals surface area contributed by atoms with Crippen molar-refractivity contribution in [3.63, 3.8) is 0 Å². The summed E-state index contributed by atoms with van der Waals surface area (Å²) in [5.41, 5.74) is 0. The highest BCUT2D eigenvalue weighted by molar-refractivity contribution is 7.70. The second kappa shape index (κ2) is 5.49. The quantitative estimate of drug-likeness (QED) is 0.393. The second-order valence-corrected chi connectivity index (χ2v) is 2.98. The zero-order valence-corrected chi connectivity index (χ0v) is 7.36. The number of carbonyl (C=O) groups is 2. The van der Waals surface area contributed by atoms with Gasteiger partial charge in [-0.15, -0.1) is 0 Å². The Hall–Kier alpha value is -1.15. The molecule has 0 bridgehead atoms. The van der Waals surface area contributed by atoms with E-state index in [9.17, 15) is 18.0 Å². The smallest absolute Gasteiger partial charge is 0.321 e. The van der Waals surface area contributed by atoms with E-state index in [4.69, 9.17) is 10.2 Å². The molecule has 8 heteroatoms. The predicted molar refractivity (Wildman–Crippen MR) is 41.7 cm³/mol. The van der Waals surface area contributed by atoms with Gasteiger partial charge >= 0.3 is 11.9 Å². The molecule has 0 radical (unpaired) electrons. The zero-order chi connectivity index (χ0) is 10.4. The molecule has 0 rings (SSSR count). The van der Waals surface area contributed by atoms with Crippen LogP contribution in [0.2, 0.25) is 0 Å². The van der Waals surface area contributed by atoms with Gasteiger partial charge in [-0.3, -0.25) is 9.59 Å². The molecular formula is C5H9NO6S. The maximum absolute atomic E-state index is 10.3. The number of nitrogens with one attached hydrogen (secondary N) is 1. The molecule has 13 heavy (non-hydrogen) atoms. The Kier molecular flexibility index (Phi) is 5.00. The van der Waals surface area contributed by atoms with Crippen molar-refractivity contribution in [3.8, 4) is 0 Å². The molecule has 0 aliphatic rings. The normalized spacial score (nSPS) is 12.7. The minimum absolute atomic E-state index is 0.270. The largest absolute Gasteiger partial charge is 0.481 e. The Morgan fingerprint density at radius 1 is 1.31 bits per heavy atom. The molecule has 3 N–H and O–H groups in total. The molecule has 0 saturated heterocycles. The first-order chi connectivity index (χ1) is 5.93. The zero-order valence-electron chi connectivity index (χ0n) is 6.47. The van der Waals surface area contributed by atoms with Crippen LogP contribution in [0.5, 0.6) is 0 Å². The van der Waals surface area contributed by atoms with Gasteiger partial charge in [-0.05, 0) is 6.42 Å². The maximum atomic E-state index is 10.3. The Morgan fingerprint density at radius 3 is 2.15 bits per heavy atom. The summed E-state index contributed by atoms with van der Waals surface area (Å²) >= 11 is 0. The number of hydrogen-bond donors (Lipinski definition) is 4. The van der Waals surface area contributed by atoms with Crippen LogP contribution in [0.15, 0.2) is 0 Å². The summed E-state index contributed by atoms with van der Waals surface area (Å²) in [6, 6.07) is -1.36. The maximum Gasteiger partial charge on any atom is 0.321 e. The molecule has 0 unspecified atom stereocenters. The molecule has 0 aliphatic heterocycles. The molecule has 0 aromatic carbocycles. The van der Waals surface area contributed by atoms with Gasteiger partial charge in [-0.25, -0.2) is 13.1 Å². The molecule has 0 aromatic rings. The molecule has 76 valence electrons. The summed E-state index contributed by atoms with van der Waals surface area (Å²) < 4.78 is 21.9.